The number of benzene rings is 1. The van der Waals surface area contributed by atoms with E-state index in [2.05, 4.69) is 20.5 Å². The molecule has 2 N–H and O–H groups in total. The Morgan fingerprint density at radius 2 is 2.25 bits per heavy atom. The molecule has 1 aromatic heterocycles. The predicted molar refractivity (Wildman–Crippen MR) is 91.9 cm³/mol. The summed E-state index contributed by atoms with van der Waals surface area (Å²) in [7, 11) is 0. The van der Waals surface area contributed by atoms with Gasteiger partial charge < -0.3 is 9.72 Å². The number of hydrogen-bond acceptors (Lipinski definition) is 5. The highest BCUT2D eigenvalue weighted by Crippen LogP contribution is 2.24. The van der Waals surface area contributed by atoms with Crippen molar-refractivity contribution in [3.05, 3.63) is 56.7 Å². The Labute approximate surface area is 143 Å². The normalized spacial score (nSPS) is 10.8. The van der Waals surface area contributed by atoms with Crippen molar-refractivity contribution in [1.82, 2.24) is 15.4 Å². The average molecular weight is 349 g/mol. The molecule has 0 saturated heterocycles. The van der Waals surface area contributed by atoms with Crippen LogP contribution in [0.5, 0.6) is 5.75 Å². The Morgan fingerprint density at radius 1 is 1.46 bits per heavy atom. The van der Waals surface area contributed by atoms with E-state index in [4.69, 9.17) is 16.3 Å². The Kier molecular flexibility index (Phi) is 6.08. The molecule has 0 aliphatic heterocycles. The first kappa shape index (κ1) is 17.7. The molecule has 8 heteroatoms. The van der Waals surface area contributed by atoms with Gasteiger partial charge in [-0.3, -0.25) is 4.79 Å². The van der Waals surface area contributed by atoms with E-state index in [9.17, 15) is 9.59 Å². The first-order valence-electron chi connectivity index (χ1n) is 7.33. The summed E-state index contributed by atoms with van der Waals surface area (Å²) in [6.07, 6.45) is 2.33. The van der Waals surface area contributed by atoms with Crippen LogP contribution in [-0.4, -0.2) is 28.7 Å². The Hall–Kier alpha value is -2.67. The minimum Gasteiger partial charge on any atom is -0.492 e. The van der Waals surface area contributed by atoms with E-state index in [1.165, 1.54) is 12.3 Å². The third-order valence-electron chi connectivity index (χ3n) is 2.91. The number of hydrogen-bond donors (Lipinski definition) is 2. The van der Waals surface area contributed by atoms with Crippen molar-refractivity contribution in [3.8, 4) is 5.75 Å². The fraction of sp³-hybridized carbons (Fsp3) is 0.250. The molecular weight excluding hydrogens is 332 g/mol. The first-order chi connectivity index (χ1) is 11.5. The van der Waals surface area contributed by atoms with Gasteiger partial charge in [0.2, 0.25) is 0 Å². The summed E-state index contributed by atoms with van der Waals surface area (Å²) in [6, 6.07) is 6.64. The van der Waals surface area contributed by atoms with E-state index < -0.39 is 11.6 Å². The summed E-state index contributed by atoms with van der Waals surface area (Å²) in [5.74, 6) is 0.0253. The number of carbonyl (C=O) groups excluding carboxylic acids is 1. The van der Waals surface area contributed by atoms with Crippen LogP contribution < -0.4 is 15.9 Å². The van der Waals surface area contributed by atoms with Crippen LogP contribution in [0.2, 0.25) is 5.02 Å². The summed E-state index contributed by atoms with van der Waals surface area (Å²) in [5.41, 5.74) is 2.96. The van der Waals surface area contributed by atoms with Crippen molar-refractivity contribution in [1.29, 1.82) is 0 Å². The maximum Gasteiger partial charge on any atom is 0.345 e. The van der Waals surface area contributed by atoms with Crippen molar-refractivity contribution >= 4 is 23.7 Å². The van der Waals surface area contributed by atoms with E-state index >= 15 is 0 Å². The summed E-state index contributed by atoms with van der Waals surface area (Å²) < 4.78 is 5.48. The van der Waals surface area contributed by atoms with Crippen LogP contribution in [0.4, 0.5) is 0 Å². The monoisotopic (exact) mass is 348 g/mol. The molecule has 2 aromatic rings. The lowest BCUT2D eigenvalue weighted by Gasteiger charge is -2.06. The molecule has 126 valence electrons. The number of H-pyrrole nitrogens is 1. The number of aromatic amines is 1. The van der Waals surface area contributed by atoms with Crippen molar-refractivity contribution in [2.75, 3.05) is 6.61 Å². The van der Waals surface area contributed by atoms with Gasteiger partial charge in [-0.1, -0.05) is 18.5 Å². The van der Waals surface area contributed by atoms with Crippen LogP contribution in [-0.2, 0) is 0 Å². The molecule has 0 radical (unpaired) electrons. The van der Waals surface area contributed by atoms with Gasteiger partial charge in [-0.25, -0.2) is 10.2 Å². The predicted octanol–water partition coefficient (Wildman–Crippen LogP) is 2.28. The topological polar surface area (TPSA) is 96.4 Å². The van der Waals surface area contributed by atoms with E-state index in [1.807, 2.05) is 6.92 Å². The lowest BCUT2D eigenvalue weighted by Crippen LogP contribution is -2.24. The highest BCUT2D eigenvalue weighted by atomic mass is 35.5. The molecule has 7 nitrogen and oxygen atoms in total. The van der Waals surface area contributed by atoms with Crippen LogP contribution >= 0.6 is 11.6 Å². The zero-order valence-electron chi connectivity index (χ0n) is 13.3. The zero-order valence-corrected chi connectivity index (χ0v) is 14.1. The first-order valence-corrected chi connectivity index (χ1v) is 7.71. The maximum atomic E-state index is 11.9. The largest absolute Gasteiger partial charge is 0.492 e. The van der Waals surface area contributed by atoms with Crippen molar-refractivity contribution in [2.45, 2.75) is 20.3 Å². The second-order valence-electron chi connectivity index (χ2n) is 4.99. The second-order valence-corrected chi connectivity index (χ2v) is 5.40. The number of halogens is 1. The van der Waals surface area contributed by atoms with Gasteiger partial charge in [-0.2, -0.15) is 10.1 Å². The summed E-state index contributed by atoms with van der Waals surface area (Å²) >= 11 is 6.12. The fourth-order valence-corrected chi connectivity index (χ4v) is 2.09. The molecule has 0 aliphatic rings. The van der Waals surface area contributed by atoms with Gasteiger partial charge in [0, 0.05) is 5.69 Å². The number of ether oxygens (including phenoxy) is 1. The number of hydrazone groups is 1. The molecule has 0 aliphatic carbocycles. The summed E-state index contributed by atoms with van der Waals surface area (Å²) in [4.78, 5) is 29.2. The van der Waals surface area contributed by atoms with Crippen LogP contribution in [0.15, 0.2) is 34.2 Å². The van der Waals surface area contributed by atoms with E-state index in [-0.39, 0.29) is 5.69 Å². The summed E-state index contributed by atoms with van der Waals surface area (Å²) in [6.45, 7) is 4.26. The van der Waals surface area contributed by atoms with E-state index in [0.717, 1.165) is 6.42 Å². The van der Waals surface area contributed by atoms with E-state index in [1.54, 1.807) is 25.1 Å². The van der Waals surface area contributed by atoms with Crippen LogP contribution in [0.3, 0.4) is 0 Å². The van der Waals surface area contributed by atoms with Crippen molar-refractivity contribution in [3.63, 3.8) is 0 Å². The molecule has 1 heterocycles. The standard InChI is InChI=1S/C16H17ClN4O3/c1-3-6-24-14-5-4-11(8-12(14)17)9-18-21-15(22)13-7-10(2)19-16(23)20-13/h4-5,7-9H,3,6H2,1-2H3,(H,21,22)(H,19,20,23)/b18-9+. The summed E-state index contributed by atoms with van der Waals surface area (Å²) in [5, 5.41) is 4.30. The van der Waals surface area contributed by atoms with Gasteiger partial charge in [-0.05, 0) is 43.2 Å². The molecule has 24 heavy (non-hydrogen) atoms. The van der Waals surface area contributed by atoms with Gasteiger partial charge in [0.15, 0.2) is 0 Å². The quantitative estimate of drug-likeness (QED) is 0.618. The number of rotatable bonds is 6. The van der Waals surface area contributed by atoms with Crippen molar-refractivity contribution < 1.29 is 9.53 Å². The molecule has 0 spiro atoms. The lowest BCUT2D eigenvalue weighted by atomic mass is 10.2. The highest BCUT2D eigenvalue weighted by Gasteiger charge is 2.07. The fourth-order valence-electron chi connectivity index (χ4n) is 1.84. The SMILES string of the molecule is CCCOc1ccc(/C=N/NC(=O)c2cc(C)[nH]c(=O)n2)cc1Cl. The Bertz CT molecular complexity index is 817. The Morgan fingerprint density at radius 3 is 2.92 bits per heavy atom. The number of nitrogens with zero attached hydrogens (tertiary/aromatic N) is 2. The third-order valence-corrected chi connectivity index (χ3v) is 3.20. The Balaban J connectivity index is 2.02. The third kappa shape index (κ3) is 4.92. The maximum absolute atomic E-state index is 11.9. The molecule has 0 unspecified atom stereocenters. The van der Waals surface area contributed by atoms with E-state index in [0.29, 0.717) is 28.6 Å². The molecule has 0 atom stereocenters. The molecule has 2 rings (SSSR count). The second kappa shape index (κ2) is 8.26. The van der Waals surface area contributed by atoms with Gasteiger partial charge >= 0.3 is 5.69 Å². The molecular formula is C16H17ClN4O3. The van der Waals surface area contributed by atoms with Crippen LogP contribution in [0.25, 0.3) is 0 Å². The number of aryl methyl sites for hydroxylation is 1. The molecule has 1 amide bonds. The molecule has 1 aromatic carbocycles. The van der Waals surface area contributed by atoms with Crippen LogP contribution in [0.1, 0.15) is 35.1 Å². The number of carbonyl (C=O) groups is 1. The molecule has 0 fully saturated rings. The van der Waals surface area contributed by atoms with Gasteiger partial charge in [-0.15, -0.1) is 0 Å². The minimum absolute atomic E-state index is 0.00486. The number of aromatic nitrogens is 2. The minimum atomic E-state index is -0.585. The van der Waals surface area contributed by atoms with Crippen molar-refractivity contribution in [2.24, 2.45) is 5.10 Å². The highest BCUT2D eigenvalue weighted by molar-refractivity contribution is 6.32. The van der Waals surface area contributed by atoms with Crippen LogP contribution in [0, 0.1) is 6.92 Å². The van der Waals surface area contributed by atoms with Gasteiger partial charge in [0.1, 0.15) is 11.4 Å². The smallest absolute Gasteiger partial charge is 0.345 e. The molecule has 0 saturated carbocycles. The lowest BCUT2D eigenvalue weighted by molar-refractivity contribution is 0.0949. The number of amides is 1. The van der Waals surface area contributed by atoms with Gasteiger partial charge in [0.25, 0.3) is 5.91 Å². The number of nitrogens with one attached hydrogen (secondary N) is 2. The average Bonchev–Trinajstić information content (AvgIpc) is 2.53. The zero-order chi connectivity index (χ0) is 17.5. The van der Waals surface area contributed by atoms with Gasteiger partial charge in [0.05, 0.1) is 17.8 Å². The molecule has 0 bridgehead atoms.